The molecule has 1 N–H and O–H groups in total. The zero-order valence-electron chi connectivity index (χ0n) is 13.3. The molecule has 8 heteroatoms. The molecule has 3 rings (SSSR count). The van der Waals surface area contributed by atoms with Crippen LogP contribution in [-0.4, -0.2) is 29.4 Å². The number of rotatable bonds is 5. The van der Waals surface area contributed by atoms with Crippen molar-refractivity contribution in [2.45, 2.75) is 20.3 Å². The molecule has 7 nitrogen and oxygen atoms in total. The van der Waals surface area contributed by atoms with Crippen LogP contribution in [0, 0.1) is 30.6 Å². The van der Waals surface area contributed by atoms with Gasteiger partial charge in [-0.3, -0.25) is 4.79 Å². The topological polar surface area (TPSA) is 108 Å². The average molecular weight is 349 g/mol. The number of fused-ring (bicyclic) bond motifs is 2. The maximum Gasteiger partial charge on any atom is 0.350 e. The first-order valence-electron chi connectivity index (χ1n) is 7.77. The molecule has 0 unspecified atom stereocenters. The number of nitrogens with one attached hydrogen (secondary N) is 1. The summed E-state index contributed by atoms with van der Waals surface area (Å²) in [7, 11) is 0. The number of aromatic nitrogens is 1. The Morgan fingerprint density at radius 3 is 2.62 bits per heavy atom. The van der Waals surface area contributed by atoms with Gasteiger partial charge in [0.25, 0.3) is 0 Å². The number of ether oxygens (including phenoxy) is 1. The van der Waals surface area contributed by atoms with Gasteiger partial charge in [-0.05, 0) is 32.1 Å². The molecule has 1 aromatic heterocycles. The zero-order valence-corrected chi connectivity index (χ0v) is 14.1. The SMILES string of the molecule is CCOC(=O)c1sc(NC(=O)[C@@H]2[C@@H](C(=O)[O-])[C@H]3C=C[C@@H]2C3)nc1C. The van der Waals surface area contributed by atoms with Crippen molar-refractivity contribution in [2.24, 2.45) is 23.7 Å². The Morgan fingerprint density at radius 1 is 1.33 bits per heavy atom. The van der Waals surface area contributed by atoms with Crippen LogP contribution < -0.4 is 10.4 Å². The van der Waals surface area contributed by atoms with Crippen molar-refractivity contribution in [2.75, 3.05) is 11.9 Å². The summed E-state index contributed by atoms with van der Waals surface area (Å²) in [5, 5.41) is 14.3. The average Bonchev–Trinajstić information content (AvgIpc) is 3.20. The van der Waals surface area contributed by atoms with Gasteiger partial charge in [-0.15, -0.1) is 0 Å². The van der Waals surface area contributed by atoms with Gasteiger partial charge in [-0.2, -0.15) is 0 Å². The summed E-state index contributed by atoms with van der Waals surface area (Å²) in [5.74, 6) is -3.80. The van der Waals surface area contributed by atoms with E-state index in [0.29, 0.717) is 17.0 Å². The van der Waals surface area contributed by atoms with Crippen LogP contribution in [0.2, 0.25) is 0 Å². The lowest BCUT2D eigenvalue weighted by Crippen LogP contribution is -2.42. The molecule has 2 aliphatic carbocycles. The van der Waals surface area contributed by atoms with E-state index in [4.69, 9.17) is 4.74 Å². The van der Waals surface area contributed by atoms with Crippen molar-refractivity contribution in [3.63, 3.8) is 0 Å². The van der Waals surface area contributed by atoms with Crippen molar-refractivity contribution in [3.05, 3.63) is 22.7 Å². The van der Waals surface area contributed by atoms with E-state index in [1.54, 1.807) is 13.8 Å². The second kappa shape index (κ2) is 6.35. The Kier molecular flexibility index (Phi) is 4.40. The molecule has 0 spiro atoms. The van der Waals surface area contributed by atoms with Gasteiger partial charge in [-0.25, -0.2) is 9.78 Å². The van der Waals surface area contributed by atoms with Gasteiger partial charge in [0.05, 0.1) is 18.2 Å². The summed E-state index contributed by atoms with van der Waals surface area (Å²) in [4.78, 5) is 40.2. The standard InChI is InChI=1S/C16H18N2O5S/c1-3-23-15(22)12-7(2)17-16(24-12)18-13(19)10-8-4-5-9(6-8)11(10)14(20)21/h4-5,8-11H,3,6H2,1-2H3,(H,20,21)(H,17,18,19)/p-1/t8-,9+,10+,11+/m1/s1. The first kappa shape index (κ1) is 16.6. The highest BCUT2D eigenvalue weighted by atomic mass is 32.1. The summed E-state index contributed by atoms with van der Waals surface area (Å²) in [6.07, 6.45) is 4.40. The zero-order chi connectivity index (χ0) is 17.4. The number of amides is 1. The van der Waals surface area contributed by atoms with Gasteiger partial charge in [-0.1, -0.05) is 23.5 Å². The predicted molar refractivity (Wildman–Crippen MR) is 84.2 cm³/mol. The molecule has 2 aliphatic rings. The molecule has 1 heterocycles. The van der Waals surface area contributed by atoms with Gasteiger partial charge < -0.3 is 20.0 Å². The van der Waals surface area contributed by atoms with Gasteiger partial charge in [0.15, 0.2) is 5.13 Å². The monoisotopic (exact) mass is 349 g/mol. The number of anilines is 1. The van der Waals surface area contributed by atoms with Gasteiger partial charge >= 0.3 is 5.97 Å². The van der Waals surface area contributed by atoms with Crippen LogP contribution in [0.15, 0.2) is 12.2 Å². The highest BCUT2D eigenvalue weighted by Crippen LogP contribution is 2.48. The molecule has 1 fully saturated rings. The summed E-state index contributed by atoms with van der Waals surface area (Å²) in [6, 6.07) is 0. The Morgan fingerprint density at radius 2 is 2.00 bits per heavy atom. The van der Waals surface area contributed by atoms with Crippen LogP contribution in [0.1, 0.15) is 28.7 Å². The van der Waals surface area contributed by atoms with Gasteiger partial charge in [0.1, 0.15) is 4.88 Å². The predicted octanol–water partition coefficient (Wildman–Crippen LogP) is 0.755. The molecule has 0 saturated heterocycles. The fourth-order valence-electron chi connectivity index (χ4n) is 3.53. The Hall–Kier alpha value is -2.22. The second-order valence-electron chi connectivity index (χ2n) is 5.96. The number of aryl methyl sites for hydroxylation is 1. The lowest BCUT2D eigenvalue weighted by molar-refractivity contribution is -0.313. The summed E-state index contributed by atoms with van der Waals surface area (Å²) >= 11 is 1.03. The van der Waals surface area contributed by atoms with Crippen molar-refractivity contribution >= 4 is 34.3 Å². The molecule has 128 valence electrons. The minimum absolute atomic E-state index is 0.0940. The molecule has 0 aromatic carbocycles. The summed E-state index contributed by atoms with van der Waals surface area (Å²) < 4.78 is 4.94. The number of nitrogens with zero attached hydrogens (tertiary/aromatic N) is 1. The van der Waals surface area contributed by atoms with Crippen LogP contribution in [0.25, 0.3) is 0 Å². The Balaban J connectivity index is 1.76. The number of hydrogen-bond donors (Lipinski definition) is 1. The lowest BCUT2D eigenvalue weighted by atomic mass is 9.82. The van der Waals surface area contributed by atoms with E-state index in [9.17, 15) is 19.5 Å². The van der Waals surface area contributed by atoms with Crippen LogP contribution in [0.4, 0.5) is 5.13 Å². The third kappa shape index (κ3) is 2.82. The molecule has 0 aliphatic heterocycles. The summed E-state index contributed by atoms with van der Waals surface area (Å²) in [6.45, 7) is 3.62. The van der Waals surface area contributed by atoms with Crippen LogP contribution >= 0.6 is 11.3 Å². The molecule has 4 atom stereocenters. The molecule has 2 bridgehead atoms. The van der Waals surface area contributed by atoms with E-state index in [1.807, 2.05) is 12.2 Å². The number of esters is 1. The molecular weight excluding hydrogens is 332 g/mol. The number of carbonyl (C=O) groups excluding carboxylic acids is 3. The molecule has 1 saturated carbocycles. The fourth-order valence-corrected chi connectivity index (χ4v) is 4.39. The van der Waals surface area contributed by atoms with Crippen LogP contribution in [0.3, 0.4) is 0 Å². The van der Waals surface area contributed by atoms with Gasteiger partial charge in [0.2, 0.25) is 5.91 Å². The Bertz CT molecular complexity index is 726. The summed E-state index contributed by atoms with van der Waals surface area (Å²) in [5.41, 5.74) is 0.470. The maximum atomic E-state index is 12.5. The lowest BCUT2D eigenvalue weighted by Gasteiger charge is -2.27. The van der Waals surface area contributed by atoms with E-state index in [2.05, 4.69) is 10.3 Å². The molecule has 0 radical (unpaired) electrons. The highest BCUT2D eigenvalue weighted by Gasteiger charge is 2.48. The number of hydrogen-bond acceptors (Lipinski definition) is 7. The van der Waals surface area contributed by atoms with Crippen LogP contribution in [0.5, 0.6) is 0 Å². The molecule has 1 amide bonds. The van der Waals surface area contributed by atoms with Crippen molar-refractivity contribution in [1.82, 2.24) is 4.98 Å². The molecular formula is C16H17N2O5S-. The highest BCUT2D eigenvalue weighted by molar-refractivity contribution is 7.17. The third-order valence-electron chi connectivity index (χ3n) is 4.52. The maximum absolute atomic E-state index is 12.5. The van der Waals surface area contributed by atoms with Crippen molar-refractivity contribution in [3.8, 4) is 0 Å². The number of carboxylic acid groups (broad SMARTS) is 1. The molecule has 1 aromatic rings. The minimum Gasteiger partial charge on any atom is -0.550 e. The molecule has 24 heavy (non-hydrogen) atoms. The minimum atomic E-state index is -1.20. The van der Waals surface area contributed by atoms with Gasteiger partial charge in [0, 0.05) is 11.9 Å². The quantitative estimate of drug-likeness (QED) is 0.621. The van der Waals surface area contributed by atoms with E-state index >= 15 is 0 Å². The fraction of sp³-hybridized carbons (Fsp3) is 0.500. The van der Waals surface area contributed by atoms with E-state index in [1.165, 1.54) is 0 Å². The number of allylic oxidation sites excluding steroid dienone is 2. The third-order valence-corrected chi connectivity index (χ3v) is 5.57. The number of thiazole rings is 1. The van der Waals surface area contributed by atoms with Crippen molar-refractivity contribution < 1.29 is 24.2 Å². The van der Waals surface area contributed by atoms with Crippen LogP contribution in [-0.2, 0) is 14.3 Å². The normalized spacial score (nSPS) is 27.2. The van der Waals surface area contributed by atoms with Crippen molar-refractivity contribution in [1.29, 1.82) is 0 Å². The van der Waals surface area contributed by atoms with E-state index in [0.717, 1.165) is 11.3 Å². The Labute approximate surface area is 142 Å². The first-order valence-corrected chi connectivity index (χ1v) is 8.58. The number of carbonyl (C=O) groups is 3. The number of aliphatic carboxylic acids is 1. The largest absolute Gasteiger partial charge is 0.550 e. The first-order chi connectivity index (χ1) is 11.4. The van der Waals surface area contributed by atoms with E-state index < -0.39 is 29.7 Å². The van der Waals surface area contributed by atoms with E-state index in [-0.39, 0.29) is 23.6 Å². The second-order valence-corrected chi connectivity index (χ2v) is 6.96. The number of carboxylic acids is 1. The smallest absolute Gasteiger partial charge is 0.350 e.